The number of para-hydroxylation sites is 1. The number of aromatic amines is 1. The summed E-state index contributed by atoms with van der Waals surface area (Å²) in [6.07, 6.45) is 0. The Morgan fingerprint density at radius 1 is 0.355 bits per heavy atom. The van der Waals surface area contributed by atoms with E-state index in [2.05, 4.69) is 126 Å². The van der Waals surface area contributed by atoms with Gasteiger partial charge in [0.15, 0.2) is 0 Å². The summed E-state index contributed by atoms with van der Waals surface area (Å²) in [5.74, 6) is 0. The molecular formula is C30H21N. The lowest BCUT2D eigenvalue weighted by molar-refractivity contribution is 1.53. The van der Waals surface area contributed by atoms with Gasteiger partial charge in [-0.3, -0.25) is 0 Å². The summed E-state index contributed by atoms with van der Waals surface area (Å²) in [5, 5.41) is 2.53. The molecular weight excluding hydrogens is 374 g/mol. The van der Waals surface area contributed by atoms with Crippen LogP contribution in [-0.2, 0) is 0 Å². The van der Waals surface area contributed by atoms with Crippen molar-refractivity contribution in [3.05, 3.63) is 121 Å². The maximum Gasteiger partial charge on any atom is 0.0471 e. The van der Waals surface area contributed by atoms with Crippen LogP contribution in [0.5, 0.6) is 0 Å². The van der Waals surface area contributed by atoms with E-state index in [9.17, 15) is 0 Å². The zero-order chi connectivity index (χ0) is 20.6. The fourth-order valence-electron chi connectivity index (χ4n) is 4.48. The third-order valence-electron chi connectivity index (χ3n) is 6.03. The van der Waals surface area contributed by atoms with Crippen LogP contribution in [0.3, 0.4) is 0 Å². The van der Waals surface area contributed by atoms with E-state index in [1.807, 2.05) is 0 Å². The molecule has 1 heterocycles. The van der Waals surface area contributed by atoms with Crippen LogP contribution in [-0.4, -0.2) is 4.98 Å². The highest BCUT2D eigenvalue weighted by atomic mass is 14.7. The second-order valence-electron chi connectivity index (χ2n) is 7.92. The predicted octanol–water partition coefficient (Wildman–Crippen LogP) is 8.32. The second kappa shape index (κ2) is 7.30. The van der Waals surface area contributed by atoms with Gasteiger partial charge in [-0.2, -0.15) is 0 Å². The number of hydrogen-bond acceptors (Lipinski definition) is 0. The number of rotatable bonds is 3. The molecule has 0 fully saturated rings. The minimum atomic E-state index is 1.17. The van der Waals surface area contributed by atoms with Crippen LogP contribution in [0.15, 0.2) is 121 Å². The smallest absolute Gasteiger partial charge is 0.0471 e. The molecule has 0 bridgehead atoms. The molecule has 146 valence electrons. The van der Waals surface area contributed by atoms with E-state index >= 15 is 0 Å². The first-order chi connectivity index (χ1) is 15.4. The Morgan fingerprint density at radius 3 is 1.81 bits per heavy atom. The van der Waals surface area contributed by atoms with Crippen LogP contribution in [0.1, 0.15) is 0 Å². The summed E-state index contributed by atoms with van der Waals surface area (Å²) >= 11 is 0. The van der Waals surface area contributed by atoms with Crippen LogP contribution in [0.2, 0.25) is 0 Å². The third-order valence-corrected chi connectivity index (χ3v) is 6.03. The van der Waals surface area contributed by atoms with E-state index in [1.54, 1.807) is 0 Å². The molecule has 1 aromatic heterocycles. The summed E-state index contributed by atoms with van der Waals surface area (Å²) in [4.78, 5) is 3.59. The lowest BCUT2D eigenvalue weighted by Gasteiger charge is -2.13. The lowest BCUT2D eigenvalue weighted by atomic mass is 9.90. The summed E-state index contributed by atoms with van der Waals surface area (Å²) < 4.78 is 0. The normalized spacial score (nSPS) is 11.2. The van der Waals surface area contributed by atoms with Gasteiger partial charge in [-0.25, -0.2) is 0 Å². The molecule has 1 N–H and O–H groups in total. The van der Waals surface area contributed by atoms with E-state index in [0.717, 1.165) is 0 Å². The minimum absolute atomic E-state index is 1.17. The van der Waals surface area contributed by atoms with Crippen molar-refractivity contribution in [1.82, 2.24) is 4.98 Å². The standard InChI is InChI=1S/C30H21N/c1-3-9-21(10-4-1)23-15-17-25(22-11-5-2-6-12-22)28(19-23)24-16-18-27-26-13-7-8-14-29(26)31-30(27)20-24/h1-20,31H. The SMILES string of the molecule is c1ccc(-c2ccc(-c3ccccc3)c(-c3ccc4c(c3)[nH]c3ccccc34)c2)cc1. The van der Waals surface area contributed by atoms with Crippen molar-refractivity contribution in [1.29, 1.82) is 0 Å². The first kappa shape index (κ1) is 17.7. The van der Waals surface area contributed by atoms with Crippen molar-refractivity contribution in [2.24, 2.45) is 0 Å². The fraction of sp³-hybridized carbons (Fsp3) is 0. The molecule has 6 aromatic rings. The highest BCUT2D eigenvalue weighted by Gasteiger charge is 2.12. The molecule has 0 aliphatic heterocycles. The van der Waals surface area contributed by atoms with Gasteiger partial charge in [-0.1, -0.05) is 103 Å². The minimum Gasteiger partial charge on any atom is -0.354 e. The van der Waals surface area contributed by atoms with Gasteiger partial charge < -0.3 is 4.98 Å². The number of fused-ring (bicyclic) bond motifs is 3. The van der Waals surface area contributed by atoms with Gasteiger partial charge in [0, 0.05) is 21.8 Å². The first-order valence-electron chi connectivity index (χ1n) is 10.6. The number of H-pyrrole nitrogens is 1. The van der Waals surface area contributed by atoms with Crippen molar-refractivity contribution < 1.29 is 0 Å². The largest absolute Gasteiger partial charge is 0.354 e. The fourth-order valence-corrected chi connectivity index (χ4v) is 4.48. The molecule has 0 spiro atoms. The summed E-state index contributed by atoms with van der Waals surface area (Å²) in [6.45, 7) is 0. The molecule has 6 rings (SSSR count). The lowest BCUT2D eigenvalue weighted by Crippen LogP contribution is -1.88. The molecule has 31 heavy (non-hydrogen) atoms. The van der Waals surface area contributed by atoms with Crippen molar-refractivity contribution in [2.75, 3.05) is 0 Å². The second-order valence-corrected chi connectivity index (χ2v) is 7.92. The molecule has 0 atom stereocenters. The van der Waals surface area contributed by atoms with Crippen molar-refractivity contribution in [2.45, 2.75) is 0 Å². The topological polar surface area (TPSA) is 15.8 Å². The number of hydrogen-bond donors (Lipinski definition) is 1. The Morgan fingerprint density at radius 2 is 1.00 bits per heavy atom. The Labute approximate surface area is 181 Å². The van der Waals surface area contributed by atoms with Gasteiger partial charge in [0.05, 0.1) is 0 Å². The van der Waals surface area contributed by atoms with Crippen LogP contribution in [0, 0.1) is 0 Å². The molecule has 0 amide bonds. The molecule has 5 aromatic carbocycles. The molecule has 1 heteroatoms. The molecule has 1 nitrogen and oxygen atoms in total. The highest BCUT2D eigenvalue weighted by molar-refractivity contribution is 6.08. The van der Waals surface area contributed by atoms with Gasteiger partial charge >= 0.3 is 0 Å². The Bertz CT molecular complexity index is 1510. The Hall–Kier alpha value is -4.10. The van der Waals surface area contributed by atoms with Gasteiger partial charge in [0.1, 0.15) is 0 Å². The average Bonchev–Trinajstić information content (AvgIpc) is 3.23. The first-order valence-corrected chi connectivity index (χ1v) is 10.6. The van der Waals surface area contributed by atoms with E-state index in [0.29, 0.717) is 0 Å². The van der Waals surface area contributed by atoms with E-state index in [1.165, 1.54) is 55.2 Å². The molecule has 0 saturated carbocycles. The molecule has 0 aliphatic carbocycles. The van der Waals surface area contributed by atoms with Gasteiger partial charge in [-0.15, -0.1) is 0 Å². The van der Waals surface area contributed by atoms with Crippen LogP contribution < -0.4 is 0 Å². The van der Waals surface area contributed by atoms with Gasteiger partial charge in [0.25, 0.3) is 0 Å². The van der Waals surface area contributed by atoms with Crippen LogP contribution in [0.4, 0.5) is 0 Å². The maximum atomic E-state index is 3.59. The Kier molecular flexibility index (Phi) is 4.18. The highest BCUT2D eigenvalue weighted by Crippen LogP contribution is 2.37. The zero-order valence-corrected chi connectivity index (χ0v) is 17.0. The van der Waals surface area contributed by atoms with Gasteiger partial charge in [-0.05, 0) is 51.6 Å². The summed E-state index contributed by atoms with van der Waals surface area (Å²) in [5.41, 5.74) is 9.74. The van der Waals surface area contributed by atoms with Crippen molar-refractivity contribution in [3.8, 4) is 33.4 Å². The number of nitrogens with one attached hydrogen (secondary N) is 1. The monoisotopic (exact) mass is 395 g/mol. The molecule has 0 aliphatic rings. The molecule has 0 saturated heterocycles. The number of benzene rings is 5. The number of aromatic nitrogens is 1. The molecule has 0 unspecified atom stereocenters. The predicted molar refractivity (Wildman–Crippen MR) is 132 cm³/mol. The zero-order valence-electron chi connectivity index (χ0n) is 17.0. The quantitative estimate of drug-likeness (QED) is 0.310. The van der Waals surface area contributed by atoms with Gasteiger partial charge in [0.2, 0.25) is 0 Å². The van der Waals surface area contributed by atoms with Crippen molar-refractivity contribution >= 4 is 21.8 Å². The molecule has 0 radical (unpaired) electrons. The third kappa shape index (κ3) is 3.12. The van der Waals surface area contributed by atoms with E-state index in [-0.39, 0.29) is 0 Å². The maximum absolute atomic E-state index is 3.59. The van der Waals surface area contributed by atoms with Crippen LogP contribution >= 0.6 is 0 Å². The van der Waals surface area contributed by atoms with E-state index in [4.69, 9.17) is 0 Å². The summed E-state index contributed by atoms with van der Waals surface area (Å²) in [6, 6.07) is 43.3. The summed E-state index contributed by atoms with van der Waals surface area (Å²) in [7, 11) is 0. The van der Waals surface area contributed by atoms with Crippen LogP contribution in [0.25, 0.3) is 55.2 Å². The Balaban J connectivity index is 1.59. The van der Waals surface area contributed by atoms with E-state index < -0.39 is 0 Å². The van der Waals surface area contributed by atoms with Crippen molar-refractivity contribution in [3.63, 3.8) is 0 Å². The average molecular weight is 396 g/mol.